The number of rotatable bonds is 3. The van der Waals surface area contributed by atoms with Crippen LogP contribution in [0, 0.1) is 10.1 Å². The summed E-state index contributed by atoms with van der Waals surface area (Å²) in [5.41, 5.74) is -0.573. The number of nitro groups is 1. The monoisotopic (exact) mass is 227 g/mol. The molecule has 0 N–H and O–H groups in total. The molecule has 0 radical (unpaired) electrons. The van der Waals surface area contributed by atoms with E-state index in [1.54, 1.807) is 20.8 Å². The molecule has 0 spiro atoms. The first-order valence-electron chi connectivity index (χ1n) is 4.67. The summed E-state index contributed by atoms with van der Waals surface area (Å²) in [4.78, 5) is 21.1. The molecule has 7 heteroatoms. The molecule has 88 valence electrons. The van der Waals surface area contributed by atoms with Gasteiger partial charge in [-0.2, -0.15) is 4.68 Å². The Hall–Kier alpha value is -1.92. The standard InChI is InChI=1S/C9H13N3O4/c1-9(2,3)16-8(13)6-11-5-4-7(10-11)12(14)15/h4-5H,6H2,1-3H3. The van der Waals surface area contributed by atoms with Gasteiger partial charge in [-0.05, 0) is 25.7 Å². The highest BCUT2D eigenvalue weighted by molar-refractivity contribution is 5.69. The van der Waals surface area contributed by atoms with E-state index in [2.05, 4.69) is 5.10 Å². The van der Waals surface area contributed by atoms with Gasteiger partial charge >= 0.3 is 11.8 Å². The Bertz CT molecular complexity index is 405. The molecule has 0 aromatic carbocycles. The van der Waals surface area contributed by atoms with Crippen LogP contribution in [0.25, 0.3) is 0 Å². The Morgan fingerprint density at radius 3 is 2.69 bits per heavy atom. The topological polar surface area (TPSA) is 87.3 Å². The normalized spacial score (nSPS) is 11.2. The van der Waals surface area contributed by atoms with Crippen molar-refractivity contribution in [2.24, 2.45) is 0 Å². The van der Waals surface area contributed by atoms with Crippen LogP contribution in [0.15, 0.2) is 12.3 Å². The van der Waals surface area contributed by atoms with Crippen molar-refractivity contribution in [2.45, 2.75) is 32.9 Å². The molecule has 0 saturated carbocycles. The number of ether oxygens (including phenoxy) is 1. The number of hydrogen-bond donors (Lipinski definition) is 0. The third-order valence-corrected chi connectivity index (χ3v) is 1.52. The van der Waals surface area contributed by atoms with Crippen molar-refractivity contribution >= 4 is 11.8 Å². The molecule has 1 rings (SSSR count). The van der Waals surface area contributed by atoms with Gasteiger partial charge in [0.2, 0.25) is 0 Å². The lowest BCUT2D eigenvalue weighted by Crippen LogP contribution is -2.26. The van der Waals surface area contributed by atoms with E-state index in [9.17, 15) is 14.9 Å². The Kier molecular flexibility index (Phi) is 3.26. The number of carbonyl (C=O) groups is 1. The fourth-order valence-corrected chi connectivity index (χ4v) is 1.04. The van der Waals surface area contributed by atoms with Gasteiger partial charge < -0.3 is 14.9 Å². The highest BCUT2D eigenvalue weighted by Gasteiger charge is 2.19. The summed E-state index contributed by atoms with van der Waals surface area (Å²) >= 11 is 0. The zero-order valence-corrected chi connectivity index (χ0v) is 9.34. The van der Waals surface area contributed by atoms with Crippen molar-refractivity contribution in [3.8, 4) is 0 Å². The molecule has 1 aromatic rings. The summed E-state index contributed by atoms with van der Waals surface area (Å²) in [6, 6.07) is 1.23. The summed E-state index contributed by atoms with van der Waals surface area (Å²) in [6.07, 6.45) is 1.36. The first-order chi connectivity index (χ1) is 7.28. The van der Waals surface area contributed by atoms with Gasteiger partial charge in [-0.3, -0.25) is 0 Å². The van der Waals surface area contributed by atoms with Gasteiger partial charge in [-0.1, -0.05) is 0 Å². The Labute approximate surface area is 92.2 Å². The fourth-order valence-electron chi connectivity index (χ4n) is 1.04. The molecule has 16 heavy (non-hydrogen) atoms. The fraction of sp³-hybridized carbons (Fsp3) is 0.556. The largest absolute Gasteiger partial charge is 0.459 e. The van der Waals surface area contributed by atoms with Gasteiger partial charge in [0.25, 0.3) is 0 Å². The summed E-state index contributed by atoms with van der Waals surface area (Å²) < 4.78 is 6.21. The zero-order valence-electron chi connectivity index (χ0n) is 9.34. The molecule has 1 aromatic heterocycles. The molecule has 0 aliphatic rings. The van der Waals surface area contributed by atoms with Gasteiger partial charge in [0.05, 0.1) is 17.4 Å². The van der Waals surface area contributed by atoms with E-state index in [-0.39, 0.29) is 12.4 Å². The average Bonchev–Trinajstić information content (AvgIpc) is 2.48. The molecular formula is C9H13N3O4. The predicted molar refractivity (Wildman–Crippen MR) is 54.7 cm³/mol. The number of hydrogen-bond acceptors (Lipinski definition) is 5. The minimum Gasteiger partial charge on any atom is -0.459 e. The molecule has 0 amide bonds. The lowest BCUT2D eigenvalue weighted by atomic mass is 10.2. The van der Waals surface area contributed by atoms with Gasteiger partial charge in [-0.25, -0.2) is 4.79 Å². The second kappa shape index (κ2) is 4.30. The van der Waals surface area contributed by atoms with E-state index >= 15 is 0 Å². The summed E-state index contributed by atoms with van der Waals surface area (Å²) in [5, 5.41) is 13.9. The van der Waals surface area contributed by atoms with Crippen molar-refractivity contribution in [3.63, 3.8) is 0 Å². The molecular weight excluding hydrogens is 214 g/mol. The number of aromatic nitrogens is 2. The maximum Gasteiger partial charge on any atom is 0.389 e. The first-order valence-corrected chi connectivity index (χ1v) is 4.67. The van der Waals surface area contributed by atoms with E-state index in [4.69, 9.17) is 4.74 Å². The maximum atomic E-state index is 11.4. The zero-order chi connectivity index (χ0) is 12.3. The van der Waals surface area contributed by atoms with Crippen LogP contribution in [0.5, 0.6) is 0 Å². The third-order valence-electron chi connectivity index (χ3n) is 1.52. The molecule has 0 bridgehead atoms. The minimum absolute atomic E-state index is 0.134. The Morgan fingerprint density at radius 2 is 2.25 bits per heavy atom. The average molecular weight is 227 g/mol. The second-order valence-corrected chi connectivity index (χ2v) is 4.22. The van der Waals surface area contributed by atoms with Crippen LogP contribution in [-0.4, -0.2) is 26.3 Å². The van der Waals surface area contributed by atoms with Crippen molar-refractivity contribution in [1.82, 2.24) is 9.78 Å². The minimum atomic E-state index is -0.619. The smallest absolute Gasteiger partial charge is 0.389 e. The van der Waals surface area contributed by atoms with E-state index in [1.165, 1.54) is 16.9 Å². The van der Waals surface area contributed by atoms with E-state index in [1.807, 2.05) is 0 Å². The SMILES string of the molecule is CC(C)(C)OC(=O)Cn1ccc([N+](=O)[O-])n1. The Balaban J connectivity index is 2.60. The van der Waals surface area contributed by atoms with Gasteiger partial charge in [0.15, 0.2) is 6.54 Å². The predicted octanol–water partition coefficient (Wildman–Crippen LogP) is 1.13. The lowest BCUT2D eigenvalue weighted by molar-refractivity contribution is -0.389. The van der Waals surface area contributed by atoms with Gasteiger partial charge in [0.1, 0.15) is 5.60 Å². The van der Waals surface area contributed by atoms with Crippen molar-refractivity contribution < 1.29 is 14.5 Å². The third kappa shape index (κ3) is 3.68. The van der Waals surface area contributed by atoms with Crippen molar-refractivity contribution in [1.29, 1.82) is 0 Å². The highest BCUT2D eigenvalue weighted by Crippen LogP contribution is 2.09. The molecule has 0 aliphatic carbocycles. The van der Waals surface area contributed by atoms with Crippen LogP contribution in [0.1, 0.15) is 20.8 Å². The molecule has 7 nitrogen and oxygen atoms in total. The van der Waals surface area contributed by atoms with E-state index < -0.39 is 16.5 Å². The molecule has 0 aliphatic heterocycles. The second-order valence-electron chi connectivity index (χ2n) is 4.22. The quantitative estimate of drug-likeness (QED) is 0.439. The van der Waals surface area contributed by atoms with E-state index in [0.29, 0.717) is 0 Å². The van der Waals surface area contributed by atoms with Gasteiger partial charge in [0, 0.05) is 0 Å². The van der Waals surface area contributed by atoms with Crippen molar-refractivity contribution in [2.75, 3.05) is 0 Å². The van der Waals surface area contributed by atoms with Crippen LogP contribution in [-0.2, 0) is 16.1 Å². The molecule has 0 atom stereocenters. The molecule has 1 heterocycles. The summed E-state index contributed by atoms with van der Waals surface area (Å²) in [6.45, 7) is 5.11. The maximum absolute atomic E-state index is 11.4. The van der Waals surface area contributed by atoms with Crippen LogP contribution in [0.2, 0.25) is 0 Å². The summed E-state index contributed by atoms with van der Waals surface area (Å²) in [5.74, 6) is -0.769. The number of carbonyl (C=O) groups excluding carboxylic acids is 1. The first kappa shape index (κ1) is 12.2. The Morgan fingerprint density at radius 1 is 1.62 bits per heavy atom. The number of esters is 1. The van der Waals surface area contributed by atoms with Crippen LogP contribution < -0.4 is 0 Å². The summed E-state index contributed by atoms with van der Waals surface area (Å²) in [7, 11) is 0. The van der Waals surface area contributed by atoms with Crippen LogP contribution >= 0.6 is 0 Å². The lowest BCUT2D eigenvalue weighted by Gasteiger charge is -2.18. The van der Waals surface area contributed by atoms with Crippen molar-refractivity contribution in [3.05, 3.63) is 22.4 Å². The van der Waals surface area contributed by atoms with Crippen LogP contribution in [0.3, 0.4) is 0 Å². The van der Waals surface area contributed by atoms with Crippen LogP contribution in [0.4, 0.5) is 5.82 Å². The number of nitrogens with zero attached hydrogens (tertiary/aromatic N) is 3. The van der Waals surface area contributed by atoms with E-state index in [0.717, 1.165) is 0 Å². The highest BCUT2D eigenvalue weighted by atomic mass is 16.6. The molecule has 0 unspecified atom stereocenters. The molecule has 0 saturated heterocycles. The molecule has 0 fully saturated rings. The van der Waals surface area contributed by atoms with Gasteiger partial charge in [-0.15, -0.1) is 0 Å².